The van der Waals surface area contributed by atoms with Gasteiger partial charge in [-0.1, -0.05) is 0 Å². The molecule has 0 saturated carbocycles. The number of hydrogen-bond acceptors (Lipinski definition) is 3. The van der Waals surface area contributed by atoms with E-state index in [0.29, 0.717) is 0 Å². The van der Waals surface area contributed by atoms with Crippen LogP contribution in [0.4, 0.5) is 0 Å². The summed E-state index contributed by atoms with van der Waals surface area (Å²) < 4.78 is 0. The van der Waals surface area contributed by atoms with Crippen LogP contribution in [0.1, 0.15) is 20.8 Å². The fraction of sp³-hybridized carbons (Fsp3) is 0.700. The van der Waals surface area contributed by atoms with Crippen LogP contribution in [0.3, 0.4) is 0 Å². The molecule has 0 fully saturated rings. The molecule has 0 aliphatic carbocycles. The summed E-state index contributed by atoms with van der Waals surface area (Å²) in [6, 6.07) is 0. The highest BCUT2D eigenvalue weighted by atomic mass is 15.3. The molecule has 3 heteroatoms. The third-order valence-electron chi connectivity index (χ3n) is 1.85. The van der Waals surface area contributed by atoms with Gasteiger partial charge in [-0.3, -0.25) is 0 Å². The van der Waals surface area contributed by atoms with Crippen LogP contribution in [0.25, 0.3) is 0 Å². The molecular weight excluding hydrogens is 162 g/mol. The van der Waals surface area contributed by atoms with Gasteiger partial charge in [0, 0.05) is 38.1 Å². The molecule has 1 heterocycles. The second-order valence-corrected chi connectivity index (χ2v) is 4.49. The Kier molecular flexibility index (Phi) is 3.20. The lowest BCUT2D eigenvalue weighted by molar-refractivity contribution is 0.345. The second kappa shape index (κ2) is 4.01. The van der Waals surface area contributed by atoms with Crippen molar-refractivity contribution in [2.75, 3.05) is 20.1 Å². The molecular formula is C10H20N3. The van der Waals surface area contributed by atoms with E-state index in [-0.39, 0.29) is 5.54 Å². The molecule has 13 heavy (non-hydrogen) atoms. The Bertz CT molecular complexity index is 181. The highest BCUT2D eigenvalue weighted by Crippen LogP contribution is 2.07. The number of rotatable bonds is 3. The summed E-state index contributed by atoms with van der Waals surface area (Å²) in [6.45, 7) is 10.7. The van der Waals surface area contributed by atoms with Gasteiger partial charge in [0.05, 0.1) is 0 Å². The summed E-state index contributed by atoms with van der Waals surface area (Å²) in [6.07, 6.45) is 4.14. The van der Waals surface area contributed by atoms with Gasteiger partial charge in [-0.15, -0.1) is 0 Å². The van der Waals surface area contributed by atoms with Crippen molar-refractivity contribution >= 4 is 0 Å². The van der Waals surface area contributed by atoms with E-state index in [2.05, 4.69) is 55.0 Å². The first-order chi connectivity index (χ1) is 5.97. The minimum atomic E-state index is 0.218. The molecule has 0 bridgehead atoms. The van der Waals surface area contributed by atoms with Crippen molar-refractivity contribution in [3.8, 4) is 0 Å². The smallest absolute Gasteiger partial charge is 0.141 e. The first-order valence-electron chi connectivity index (χ1n) is 4.73. The zero-order chi connectivity index (χ0) is 9.90. The Morgan fingerprint density at radius 2 is 1.92 bits per heavy atom. The molecule has 0 unspecified atom stereocenters. The molecule has 1 aliphatic heterocycles. The molecule has 0 aromatic rings. The van der Waals surface area contributed by atoms with Crippen LogP contribution in [0.2, 0.25) is 0 Å². The van der Waals surface area contributed by atoms with Gasteiger partial charge in [-0.2, -0.15) is 0 Å². The molecule has 1 radical (unpaired) electrons. The predicted molar refractivity (Wildman–Crippen MR) is 55.7 cm³/mol. The normalized spacial score (nSPS) is 17.2. The zero-order valence-electron chi connectivity index (χ0n) is 9.04. The van der Waals surface area contributed by atoms with Crippen LogP contribution in [0.15, 0.2) is 12.4 Å². The molecule has 0 saturated heterocycles. The van der Waals surface area contributed by atoms with Crippen molar-refractivity contribution in [3.05, 3.63) is 19.1 Å². The first kappa shape index (κ1) is 10.4. The third-order valence-corrected chi connectivity index (χ3v) is 1.85. The third kappa shape index (κ3) is 4.18. The highest BCUT2D eigenvalue weighted by Gasteiger charge is 2.11. The fourth-order valence-electron chi connectivity index (χ4n) is 1.19. The van der Waals surface area contributed by atoms with Gasteiger partial charge in [0.15, 0.2) is 0 Å². The van der Waals surface area contributed by atoms with Crippen molar-refractivity contribution in [1.82, 2.24) is 15.1 Å². The maximum Gasteiger partial charge on any atom is 0.141 e. The quantitative estimate of drug-likeness (QED) is 0.708. The first-order valence-corrected chi connectivity index (χ1v) is 4.73. The van der Waals surface area contributed by atoms with Gasteiger partial charge < -0.3 is 15.1 Å². The van der Waals surface area contributed by atoms with E-state index in [1.807, 2.05) is 7.05 Å². The summed E-state index contributed by atoms with van der Waals surface area (Å²) >= 11 is 0. The molecule has 1 N–H and O–H groups in total. The van der Waals surface area contributed by atoms with Crippen LogP contribution >= 0.6 is 0 Å². The van der Waals surface area contributed by atoms with Gasteiger partial charge in [0.25, 0.3) is 0 Å². The monoisotopic (exact) mass is 182 g/mol. The van der Waals surface area contributed by atoms with Gasteiger partial charge in [0.1, 0.15) is 6.67 Å². The second-order valence-electron chi connectivity index (χ2n) is 4.49. The molecule has 1 aliphatic rings. The van der Waals surface area contributed by atoms with Crippen molar-refractivity contribution in [3.63, 3.8) is 0 Å². The van der Waals surface area contributed by atoms with Gasteiger partial charge in [-0.05, 0) is 20.8 Å². The molecule has 0 aromatic heterocycles. The molecule has 3 nitrogen and oxygen atoms in total. The molecule has 0 atom stereocenters. The largest absolute Gasteiger partial charge is 0.356 e. The maximum absolute atomic E-state index is 3.45. The lowest BCUT2D eigenvalue weighted by Crippen LogP contribution is -2.39. The molecule has 0 amide bonds. The van der Waals surface area contributed by atoms with Crippen LogP contribution < -0.4 is 5.32 Å². The van der Waals surface area contributed by atoms with E-state index in [4.69, 9.17) is 0 Å². The van der Waals surface area contributed by atoms with Crippen molar-refractivity contribution in [2.45, 2.75) is 26.3 Å². The van der Waals surface area contributed by atoms with Crippen LogP contribution in [-0.4, -0.2) is 35.5 Å². The van der Waals surface area contributed by atoms with Gasteiger partial charge >= 0.3 is 0 Å². The van der Waals surface area contributed by atoms with E-state index >= 15 is 0 Å². The number of nitrogens with one attached hydrogen (secondary N) is 1. The lowest BCUT2D eigenvalue weighted by atomic mass is 10.1. The SMILES string of the molecule is CN1[CH]N(CCNC(C)(C)C)C=C1. The average molecular weight is 182 g/mol. The molecule has 0 spiro atoms. The van der Waals surface area contributed by atoms with E-state index in [1.54, 1.807) is 0 Å². The van der Waals surface area contributed by atoms with Crippen LogP contribution in [-0.2, 0) is 0 Å². The lowest BCUT2D eigenvalue weighted by Gasteiger charge is -2.23. The Balaban J connectivity index is 2.11. The molecule has 75 valence electrons. The van der Waals surface area contributed by atoms with Crippen molar-refractivity contribution < 1.29 is 0 Å². The van der Waals surface area contributed by atoms with Gasteiger partial charge in [-0.25, -0.2) is 0 Å². The number of hydrogen-bond donors (Lipinski definition) is 1. The van der Waals surface area contributed by atoms with E-state index in [1.165, 1.54) is 0 Å². The van der Waals surface area contributed by atoms with Crippen molar-refractivity contribution in [1.29, 1.82) is 0 Å². The van der Waals surface area contributed by atoms with Crippen molar-refractivity contribution in [2.24, 2.45) is 0 Å². The minimum Gasteiger partial charge on any atom is -0.356 e. The van der Waals surface area contributed by atoms with Crippen LogP contribution in [0.5, 0.6) is 0 Å². The Labute approximate surface area is 81.4 Å². The summed E-state index contributed by atoms with van der Waals surface area (Å²) in [7, 11) is 2.04. The Hall–Kier alpha value is -0.700. The standard InChI is InChI=1S/C10H20N3/c1-10(2,3)11-5-6-13-8-7-12(4)9-13/h7-9,11H,5-6H2,1-4H3. The summed E-state index contributed by atoms with van der Waals surface area (Å²) in [5, 5.41) is 3.45. The Morgan fingerprint density at radius 3 is 2.38 bits per heavy atom. The molecule has 1 rings (SSSR count). The van der Waals surface area contributed by atoms with E-state index in [9.17, 15) is 0 Å². The molecule has 0 aromatic carbocycles. The Morgan fingerprint density at radius 1 is 1.23 bits per heavy atom. The van der Waals surface area contributed by atoms with Gasteiger partial charge in [0.2, 0.25) is 0 Å². The van der Waals surface area contributed by atoms with Crippen LogP contribution in [0, 0.1) is 6.67 Å². The fourth-order valence-corrected chi connectivity index (χ4v) is 1.19. The number of nitrogens with zero attached hydrogens (tertiary/aromatic N) is 2. The topological polar surface area (TPSA) is 18.5 Å². The highest BCUT2D eigenvalue weighted by molar-refractivity contribution is 4.95. The average Bonchev–Trinajstić information content (AvgIpc) is 2.33. The minimum absolute atomic E-state index is 0.218. The zero-order valence-corrected chi connectivity index (χ0v) is 9.04. The summed E-state index contributed by atoms with van der Waals surface area (Å²) in [5.41, 5.74) is 0.218. The maximum atomic E-state index is 3.45. The van der Waals surface area contributed by atoms with E-state index in [0.717, 1.165) is 13.1 Å². The predicted octanol–water partition coefficient (Wildman–Crippen LogP) is 1.21. The van der Waals surface area contributed by atoms with E-state index < -0.39 is 0 Å². The summed E-state index contributed by atoms with van der Waals surface area (Å²) in [4.78, 5) is 4.23. The summed E-state index contributed by atoms with van der Waals surface area (Å²) in [5.74, 6) is 0.